The van der Waals surface area contributed by atoms with Crippen LogP contribution in [0.3, 0.4) is 0 Å². The number of hydrogen-bond acceptors (Lipinski definition) is 7. The number of thiophene rings is 1. The Hall–Kier alpha value is -1.93. The van der Waals surface area contributed by atoms with Crippen molar-refractivity contribution in [2.75, 3.05) is 5.73 Å². The Kier molecular flexibility index (Phi) is 3.19. The van der Waals surface area contributed by atoms with E-state index in [0.29, 0.717) is 15.9 Å². The quantitative estimate of drug-likeness (QED) is 0.556. The van der Waals surface area contributed by atoms with Gasteiger partial charge < -0.3 is 10.7 Å². The van der Waals surface area contributed by atoms with Crippen molar-refractivity contribution in [3.63, 3.8) is 0 Å². The van der Waals surface area contributed by atoms with Gasteiger partial charge in [-0.1, -0.05) is 0 Å². The third-order valence-corrected chi connectivity index (χ3v) is 4.38. The van der Waals surface area contributed by atoms with E-state index in [0.717, 1.165) is 15.1 Å². The van der Waals surface area contributed by atoms with Gasteiger partial charge in [0.05, 0.1) is 0 Å². The SMILES string of the molecule is Cc1cc(=O)[nH]c(Sc2nc(N)nc3sc(C)cc23)n1. The molecule has 6 nitrogen and oxygen atoms in total. The van der Waals surface area contributed by atoms with Gasteiger partial charge in [0, 0.05) is 22.0 Å². The predicted molar refractivity (Wildman–Crippen MR) is 80.3 cm³/mol. The molecule has 0 fully saturated rings. The molecule has 0 aliphatic heterocycles. The molecular formula is C12H11N5OS2. The summed E-state index contributed by atoms with van der Waals surface area (Å²) < 4.78 is 0. The lowest BCUT2D eigenvalue weighted by Crippen LogP contribution is -2.08. The zero-order chi connectivity index (χ0) is 14.3. The number of aryl methyl sites for hydroxylation is 2. The normalized spacial score (nSPS) is 11.1. The molecule has 8 heteroatoms. The van der Waals surface area contributed by atoms with Crippen molar-refractivity contribution in [1.82, 2.24) is 19.9 Å². The van der Waals surface area contributed by atoms with Crippen LogP contribution in [-0.2, 0) is 0 Å². The Bertz CT molecular complexity index is 855. The van der Waals surface area contributed by atoms with Gasteiger partial charge in [0.2, 0.25) is 5.95 Å². The highest BCUT2D eigenvalue weighted by molar-refractivity contribution is 7.99. The van der Waals surface area contributed by atoms with Crippen LogP contribution in [0.2, 0.25) is 0 Å². The van der Waals surface area contributed by atoms with Crippen LogP contribution in [0.5, 0.6) is 0 Å². The minimum atomic E-state index is -0.181. The third-order valence-electron chi connectivity index (χ3n) is 2.54. The van der Waals surface area contributed by atoms with Crippen molar-refractivity contribution in [1.29, 1.82) is 0 Å². The van der Waals surface area contributed by atoms with Crippen molar-refractivity contribution >= 4 is 39.3 Å². The lowest BCUT2D eigenvalue weighted by Gasteiger charge is -2.03. The molecule has 3 N–H and O–H groups in total. The van der Waals surface area contributed by atoms with Crippen LogP contribution in [0.4, 0.5) is 5.95 Å². The van der Waals surface area contributed by atoms with Crippen LogP contribution in [0.1, 0.15) is 10.6 Å². The fourth-order valence-corrected chi connectivity index (χ4v) is 3.68. The van der Waals surface area contributed by atoms with Gasteiger partial charge in [-0.15, -0.1) is 11.3 Å². The average molecular weight is 305 g/mol. The van der Waals surface area contributed by atoms with Crippen LogP contribution in [0, 0.1) is 13.8 Å². The van der Waals surface area contributed by atoms with E-state index in [2.05, 4.69) is 19.9 Å². The molecule has 3 aromatic rings. The Morgan fingerprint density at radius 2 is 2.05 bits per heavy atom. The Morgan fingerprint density at radius 3 is 2.80 bits per heavy atom. The van der Waals surface area contributed by atoms with E-state index in [1.807, 2.05) is 13.0 Å². The largest absolute Gasteiger partial charge is 0.368 e. The Morgan fingerprint density at radius 1 is 1.25 bits per heavy atom. The Balaban J connectivity index is 2.12. The minimum Gasteiger partial charge on any atom is -0.368 e. The van der Waals surface area contributed by atoms with E-state index in [-0.39, 0.29) is 11.5 Å². The average Bonchev–Trinajstić information content (AvgIpc) is 2.68. The highest BCUT2D eigenvalue weighted by Gasteiger charge is 2.12. The van der Waals surface area contributed by atoms with E-state index in [9.17, 15) is 4.79 Å². The summed E-state index contributed by atoms with van der Waals surface area (Å²) in [4.78, 5) is 28.9. The molecule has 0 spiro atoms. The molecule has 0 saturated heterocycles. The molecule has 3 aromatic heterocycles. The van der Waals surface area contributed by atoms with Gasteiger partial charge in [-0.3, -0.25) is 4.79 Å². The first-order valence-corrected chi connectivity index (χ1v) is 7.44. The summed E-state index contributed by atoms with van der Waals surface area (Å²) in [6, 6.07) is 3.46. The summed E-state index contributed by atoms with van der Waals surface area (Å²) in [5, 5.41) is 2.12. The second kappa shape index (κ2) is 4.88. The van der Waals surface area contributed by atoms with Crippen molar-refractivity contribution in [2.24, 2.45) is 0 Å². The first-order valence-electron chi connectivity index (χ1n) is 5.81. The van der Waals surface area contributed by atoms with Crippen LogP contribution in [-0.4, -0.2) is 19.9 Å². The zero-order valence-corrected chi connectivity index (χ0v) is 12.4. The molecular weight excluding hydrogens is 294 g/mol. The number of fused-ring (bicyclic) bond motifs is 1. The summed E-state index contributed by atoms with van der Waals surface area (Å²) in [6.45, 7) is 3.78. The lowest BCUT2D eigenvalue weighted by molar-refractivity contribution is 0.903. The minimum absolute atomic E-state index is 0.181. The molecule has 3 rings (SSSR count). The second-order valence-electron chi connectivity index (χ2n) is 4.26. The molecule has 20 heavy (non-hydrogen) atoms. The van der Waals surface area contributed by atoms with E-state index < -0.39 is 0 Å². The fraction of sp³-hybridized carbons (Fsp3) is 0.167. The number of rotatable bonds is 2. The number of anilines is 1. The number of hydrogen-bond donors (Lipinski definition) is 2. The van der Waals surface area contributed by atoms with Gasteiger partial charge in [-0.2, -0.15) is 0 Å². The molecule has 0 saturated carbocycles. The van der Waals surface area contributed by atoms with Gasteiger partial charge >= 0.3 is 0 Å². The fourth-order valence-electron chi connectivity index (χ4n) is 1.80. The zero-order valence-electron chi connectivity index (χ0n) is 10.8. The number of aromatic nitrogens is 4. The van der Waals surface area contributed by atoms with Crippen LogP contribution in [0.25, 0.3) is 10.2 Å². The lowest BCUT2D eigenvalue weighted by atomic mass is 10.4. The molecule has 3 heterocycles. The molecule has 102 valence electrons. The van der Waals surface area contributed by atoms with E-state index in [1.165, 1.54) is 17.8 Å². The van der Waals surface area contributed by atoms with Crippen LogP contribution >= 0.6 is 23.1 Å². The predicted octanol–water partition coefficient (Wildman–Crippen LogP) is 2.12. The highest BCUT2D eigenvalue weighted by atomic mass is 32.2. The molecule has 0 bridgehead atoms. The van der Waals surface area contributed by atoms with Gasteiger partial charge in [0.25, 0.3) is 5.56 Å². The monoisotopic (exact) mass is 305 g/mol. The molecule has 0 amide bonds. The van der Waals surface area contributed by atoms with Crippen LogP contribution in [0.15, 0.2) is 27.1 Å². The summed E-state index contributed by atoms with van der Waals surface area (Å²) >= 11 is 2.84. The van der Waals surface area contributed by atoms with Crippen molar-refractivity contribution in [2.45, 2.75) is 24.0 Å². The molecule has 0 atom stereocenters. The van der Waals surface area contributed by atoms with E-state index >= 15 is 0 Å². The van der Waals surface area contributed by atoms with Gasteiger partial charge in [-0.05, 0) is 31.7 Å². The van der Waals surface area contributed by atoms with Crippen molar-refractivity contribution < 1.29 is 0 Å². The smallest absolute Gasteiger partial charge is 0.251 e. The highest BCUT2D eigenvalue weighted by Crippen LogP contribution is 2.33. The Labute approximate surface area is 122 Å². The number of nitrogens with two attached hydrogens (primary N) is 1. The van der Waals surface area contributed by atoms with Gasteiger partial charge in [0.1, 0.15) is 9.86 Å². The molecule has 0 unspecified atom stereocenters. The topological polar surface area (TPSA) is 97.5 Å². The summed E-state index contributed by atoms with van der Waals surface area (Å²) in [5.41, 5.74) is 6.21. The molecule has 0 aromatic carbocycles. The van der Waals surface area contributed by atoms with Gasteiger partial charge in [-0.25, -0.2) is 15.0 Å². The maximum absolute atomic E-state index is 11.5. The number of aromatic amines is 1. The first kappa shape index (κ1) is 13.1. The maximum Gasteiger partial charge on any atom is 0.251 e. The third kappa shape index (κ3) is 2.52. The van der Waals surface area contributed by atoms with Crippen molar-refractivity contribution in [3.05, 3.63) is 33.1 Å². The molecule has 0 aliphatic rings. The number of nitrogens with one attached hydrogen (secondary N) is 1. The summed E-state index contributed by atoms with van der Waals surface area (Å²) in [7, 11) is 0. The molecule has 0 radical (unpaired) electrons. The first-order chi connectivity index (χ1) is 9.51. The molecule has 0 aliphatic carbocycles. The van der Waals surface area contributed by atoms with Crippen molar-refractivity contribution in [3.8, 4) is 0 Å². The number of nitrogen functional groups attached to an aromatic ring is 1. The van der Waals surface area contributed by atoms with E-state index in [4.69, 9.17) is 5.73 Å². The summed E-state index contributed by atoms with van der Waals surface area (Å²) in [6.07, 6.45) is 0. The maximum atomic E-state index is 11.5. The summed E-state index contributed by atoms with van der Waals surface area (Å²) in [5.74, 6) is 0.219. The number of H-pyrrole nitrogens is 1. The van der Waals surface area contributed by atoms with Crippen LogP contribution < -0.4 is 11.3 Å². The second-order valence-corrected chi connectivity index (χ2v) is 6.47. The van der Waals surface area contributed by atoms with Gasteiger partial charge in [0.15, 0.2) is 5.16 Å². The van der Waals surface area contributed by atoms with E-state index in [1.54, 1.807) is 18.3 Å². The standard InChI is InChI=1S/C12H11N5OS2/c1-5-3-8(18)15-12(14-5)20-10-7-4-6(2)19-9(7)16-11(13)17-10/h3-4H,1-2H3,(H2,13,16,17)(H,14,15,18). The number of nitrogens with zero attached hydrogens (tertiary/aromatic N) is 3.